The van der Waals surface area contributed by atoms with Crippen molar-refractivity contribution in [3.05, 3.63) is 27.2 Å². The van der Waals surface area contributed by atoms with Crippen LogP contribution >= 0.6 is 34.8 Å². The lowest BCUT2D eigenvalue weighted by molar-refractivity contribution is -0.150. The Morgan fingerprint density at radius 2 is 1.64 bits per heavy atom. The molecule has 0 bridgehead atoms. The third-order valence-electron chi connectivity index (χ3n) is 2.20. The second kappa shape index (κ2) is 7.90. The van der Waals surface area contributed by atoms with Gasteiger partial charge in [0.25, 0.3) is 5.91 Å². The first-order chi connectivity index (χ1) is 10.1. The van der Waals surface area contributed by atoms with Gasteiger partial charge in [0.05, 0.1) is 15.1 Å². The van der Waals surface area contributed by atoms with E-state index in [1.807, 2.05) is 20.8 Å². The van der Waals surface area contributed by atoms with Crippen LogP contribution < -0.4 is 10.1 Å². The molecule has 5 nitrogen and oxygen atoms in total. The zero-order chi connectivity index (χ0) is 16.9. The van der Waals surface area contributed by atoms with Crippen LogP contribution in [0.3, 0.4) is 0 Å². The lowest BCUT2D eigenvalue weighted by Gasteiger charge is -2.20. The van der Waals surface area contributed by atoms with Crippen LogP contribution in [0.15, 0.2) is 12.1 Å². The molecule has 0 aliphatic carbocycles. The first-order valence-corrected chi connectivity index (χ1v) is 7.46. The van der Waals surface area contributed by atoms with Gasteiger partial charge in [0, 0.05) is 11.6 Å². The van der Waals surface area contributed by atoms with E-state index in [2.05, 4.69) is 5.32 Å². The molecule has 1 rings (SSSR count). The Morgan fingerprint density at radius 3 is 2.23 bits per heavy atom. The van der Waals surface area contributed by atoms with E-state index in [1.165, 1.54) is 12.1 Å². The van der Waals surface area contributed by atoms with Crippen molar-refractivity contribution in [3.63, 3.8) is 0 Å². The van der Waals surface area contributed by atoms with E-state index < -0.39 is 24.0 Å². The highest BCUT2D eigenvalue weighted by Crippen LogP contribution is 2.33. The monoisotopic (exact) mass is 367 g/mol. The van der Waals surface area contributed by atoms with Crippen LogP contribution in [-0.4, -0.2) is 30.6 Å². The molecular weight excluding hydrogens is 353 g/mol. The smallest absolute Gasteiger partial charge is 0.344 e. The van der Waals surface area contributed by atoms with Gasteiger partial charge in [-0.15, -0.1) is 0 Å². The summed E-state index contributed by atoms with van der Waals surface area (Å²) < 4.78 is 9.97. The summed E-state index contributed by atoms with van der Waals surface area (Å²) >= 11 is 17.5. The third-order valence-corrected chi connectivity index (χ3v) is 3.22. The summed E-state index contributed by atoms with van der Waals surface area (Å²) in [4.78, 5) is 23.0. The Hall–Kier alpha value is -1.17. The van der Waals surface area contributed by atoms with E-state index in [-0.39, 0.29) is 27.4 Å². The van der Waals surface area contributed by atoms with Gasteiger partial charge in [-0.1, -0.05) is 34.8 Å². The van der Waals surface area contributed by atoms with Gasteiger partial charge in [0.1, 0.15) is 5.75 Å². The third kappa shape index (κ3) is 6.73. The minimum Gasteiger partial charge on any atom is -0.480 e. The minimum absolute atomic E-state index is 0.201. The molecule has 1 amide bonds. The first-order valence-electron chi connectivity index (χ1n) is 6.32. The van der Waals surface area contributed by atoms with Crippen LogP contribution in [0.1, 0.15) is 20.8 Å². The Labute approximate surface area is 143 Å². The van der Waals surface area contributed by atoms with Crippen molar-refractivity contribution < 1.29 is 19.1 Å². The molecule has 8 heteroatoms. The second-order valence-electron chi connectivity index (χ2n) is 5.44. The van der Waals surface area contributed by atoms with Crippen molar-refractivity contribution in [2.75, 3.05) is 13.2 Å². The minimum atomic E-state index is -0.703. The summed E-state index contributed by atoms with van der Waals surface area (Å²) in [5.74, 6) is -0.897. The summed E-state index contributed by atoms with van der Waals surface area (Å²) in [6.07, 6.45) is 0. The highest BCUT2D eigenvalue weighted by atomic mass is 35.5. The number of hydrogen-bond acceptors (Lipinski definition) is 4. The van der Waals surface area contributed by atoms with E-state index in [9.17, 15) is 9.59 Å². The molecule has 0 saturated heterocycles. The van der Waals surface area contributed by atoms with E-state index in [4.69, 9.17) is 44.3 Å². The number of carbonyl (C=O) groups is 2. The maximum Gasteiger partial charge on any atom is 0.344 e. The van der Waals surface area contributed by atoms with Crippen molar-refractivity contribution in [1.29, 1.82) is 0 Å². The topological polar surface area (TPSA) is 64.6 Å². The van der Waals surface area contributed by atoms with Gasteiger partial charge >= 0.3 is 5.97 Å². The quantitative estimate of drug-likeness (QED) is 0.638. The average Bonchev–Trinajstić information content (AvgIpc) is 2.37. The normalized spacial score (nSPS) is 11.0. The molecule has 0 aliphatic rings. The summed E-state index contributed by atoms with van der Waals surface area (Å²) in [5, 5.41) is 3.40. The highest BCUT2D eigenvalue weighted by molar-refractivity contribution is 6.43. The van der Waals surface area contributed by atoms with Crippen LogP contribution in [0, 0.1) is 0 Å². The molecule has 0 aromatic heterocycles. The molecule has 0 atom stereocenters. The molecule has 1 N–H and O–H groups in total. The molecule has 0 fully saturated rings. The van der Waals surface area contributed by atoms with E-state index in [1.54, 1.807) is 0 Å². The predicted molar refractivity (Wildman–Crippen MR) is 85.8 cm³/mol. The molecule has 22 heavy (non-hydrogen) atoms. The van der Waals surface area contributed by atoms with E-state index in [0.29, 0.717) is 0 Å². The first kappa shape index (κ1) is 18.9. The number of rotatable bonds is 5. The van der Waals surface area contributed by atoms with Gasteiger partial charge in [0.2, 0.25) is 0 Å². The Kier molecular flexibility index (Phi) is 6.78. The number of halogens is 3. The predicted octanol–water partition coefficient (Wildman–Crippen LogP) is 3.48. The summed E-state index contributed by atoms with van der Waals surface area (Å²) in [5.41, 5.74) is -0.395. The molecule has 0 spiro atoms. The molecule has 0 unspecified atom stereocenters. The average molecular weight is 369 g/mol. The fraction of sp³-hybridized carbons (Fsp3) is 0.429. The lowest BCUT2D eigenvalue weighted by Crippen LogP contribution is -2.43. The zero-order valence-corrected chi connectivity index (χ0v) is 14.6. The molecule has 1 aromatic carbocycles. The molecule has 0 aliphatic heterocycles. The van der Waals surface area contributed by atoms with Crippen molar-refractivity contribution in [3.8, 4) is 5.75 Å². The summed E-state index contributed by atoms with van der Waals surface area (Å²) in [6.45, 7) is 4.68. The number of amides is 1. The largest absolute Gasteiger partial charge is 0.480 e. The maximum absolute atomic E-state index is 11.5. The van der Waals surface area contributed by atoms with E-state index >= 15 is 0 Å². The van der Waals surface area contributed by atoms with Crippen LogP contribution in [0.5, 0.6) is 5.75 Å². The van der Waals surface area contributed by atoms with E-state index in [0.717, 1.165) is 0 Å². The Bertz CT molecular complexity index is 570. The zero-order valence-electron chi connectivity index (χ0n) is 12.3. The number of carbonyl (C=O) groups excluding carboxylic acids is 2. The van der Waals surface area contributed by atoms with Gasteiger partial charge in [-0.05, 0) is 26.8 Å². The fourth-order valence-corrected chi connectivity index (χ4v) is 1.99. The van der Waals surface area contributed by atoms with Crippen molar-refractivity contribution in [1.82, 2.24) is 5.32 Å². The van der Waals surface area contributed by atoms with Gasteiger partial charge in [-0.2, -0.15) is 0 Å². The second-order valence-corrected chi connectivity index (χ2v) is 6.67. The molecule has 122 valence electrons. The number of nitrogens with one attached hydrogen (secondary N) is 1. The lowest BCUT2D eigenvalue weighted by atomic mass is 10.1. The fourth-order valence-electron chi connectivity index (χ4n) is 1.39. The number of hydrogen-bond donors (Lipinski definition) is 1. The highest BCUT2D eigenvalue weighted by Gasteiger charge is 2.16. The summed E-state index contributed by atoms with van der Waals surface area (Å²) in [7, 11) is 0. The maximum atomic E-state index is 11.5. The molecule has 0 heterocycles. The van der Waals surface area contributed by atoms with Gasteiger partial charge in [0.15, 0.2) is 13.2 Å². The Balaban J connectivity index is 2.44. The summed E-state index contributed by atoms with van der Waals surface area (Å²) in [6, 6.07) is 2.80. The van der Waals surface area contributed by atoms with Crippen LogP contribution in [0.25, 0.3) is 0 Å². The number of esters is 1. The van der Waals surface area contributed by atoms with Crippen LogP contribution in [0.2, 0.25) is 15.1 Å². The Morgan fingerprint density at radius 1 is 1.05 bits per heavy atom. The van der Waals surface area contributed by atoms with Crippen LogP contribution in [0.4, 0.5) is 0 Å². The standard InChI is InChI=1S/C14H16Cl3NO4/c1-14(2,3)18-12(19)6-22-13(20)7-21-11-5-9(16)8(15)4-10(11)17/h4-5H,6-7H2,1-3H3,(H,18,19). The van der Waals surface area contributed by atoms with Crippen LogP contribution in [-0.2, 0) is 14.3 Å². The van der Waals surface area contributed by atoms with Crippen molar-refractivity contribution >= 4 is 46.7 Å². The molecular formula is C14H16Cl3NO4. The van der Waals surface area contributed by atoms with Crippen molar-refractivity contribution in [2.24, 2.45) is 0 Å². The SMILES string of the molecule is CC(C)(C)NC(=O)COC(=O)COc1cc(Cl)c(Cl)cc1Cl. The van der Waals surface area contributed by atoms with Gasteiger partial charge < -0.3 is 14.8 Å². The molecule has 0 saturated carbocycles. The van der Waals surface area contributed by atoms with Crippen molar-refractivity contribution in [2.45, 2.75) is 26.3 Å². The number of benzene rings is 1. The molecule has 0 radical (unpaired) electrons. The number of ether oxygens (including phenoxy) is 2. The van der Waals surface area contributed by atoms with Gasteiger partial charge in [-0.3, -0.25) is 4.79 Å². The molecule has 1 aromatic rings. The van der Waals surface area contributed by atoms with Gasteiger partial charge in [-0.25, -0.2) is 4.79 Å².